The van der Waals surface area contributed by atoms with Crippen molar-refractivity contribution in [1.29, 1.82) is 0 Å². The SMILES string of the molecule is CCc1cc(C(=O)O)cc(NCCN2CCOCC2)n1. The minimum absolute atomic E-state index is 0.283. The molecule has 0 saturated carbocycles. The number of rotatable bonds is 6. The number of aromatic carboxylic acids is 1. The molecule has 6 nitrogen and oxygen atoms in total. The van der Waals surface area contributed by atoms with E-state index < -0.39 is 5.97 Å². The Morgan fingerprint density at radius 3 is 2.85 bits per heavy atom. The Bertz CT molecular complexity index is 459. The molecule has 110 valence electrons. The number of pyridine rings is 1. The average Bonchev–Trinajstić information content (AvgIpc) is 2.48. The Morgan fingerprint density at radius 1 is 1.45 bits per heavy atom. The Labute approximate surface area is 118 Å². The van der Waals surface area contributed by atoms with E-state index in [0.29, 0.717) is 5.82 Å². The van der Waals surface area contributed by atoms with E-state index in [9.17, 15) is 4.79 Å². The smallest absolute Gasteiger partial charge is 0.335 e. The third kappa shape index (κ3) is 4.18. The number of nitrogens with zero attached hydrogens (tertiary/aromatic N) is 2. The van der Waals surface area contributed by atoms with Crippen molar-refractivity contribution in [2.24, 2.45) is 0 Å². The summed E-state index contributed by atoms with van der Waals surface area (Å²) in [7, 11) is 0. The molecule has 2 N–H and O–H groups in total. The Balaban J connectivity index is 1.91. The van der Waals surface area contributed by atoms with Crippen LogP contribution in [0.15, 0.2) is 12.1 Å². The highest BCUT2D eigenvalue weighted by Gasteiger charge is 2.10. The zero-order chi connectivity index (χ0) is 14.4. The largest absolute Gasteiger partial charge is 0.478 e. The highest BCUT2D eigenvalue weighted by Crippen LogP contribution is 2.11. The van der Waals surface area contributed by atoms with Crippen LogP contribution in [0, 0.1) is 0 Å². The van der Waals surface area contributed by atoms with Gasteiger partial charge in [-0.2, -0.15) is 0 Å². The van der Waals surface area contributed by atoms with Crippen LogP contribution < -0.4 is 5.32 Å². The molecule has 1 aliphatic rings. The maximum absolute atomic E-state index is 11.1. The van der Waals surface area contributed by atoms with E-state index in [0.717, 1.165) is 51.5 Å². The lowest BCUT2D eigenvalue weighted by Gasteiger charge is -2.26. The van der Waals surface area contributed by atoms with Crippen LogP contribution in [-0.4, -0.2) is 60.4 Å². The minimum atomic E-state index is -0.918. The predicted octanol–water partition coefficient (Wildman–Crippen LogP) is 1.09. The van der Waals surface area contributed by atoms with Gasteiger partial charge < -0.3 is 15.2 Å². The van der Waals surface area contributed by atoms with Crippen molar-refractivity contribution in [1.82, 2.24) is 9.88 Å². The van der Waals surface area contributed by atoms with E-state index in [1.807, 2.05) is 6.92 Å². The Morgan fingerprint density at radius 2 is 2.20 bits per heavy atom. The summed E-state index contributed by atoms with van der Waals surface area (Å²) < 4.78 is 5.30. The van der Waals surface area contributed by atoms with Gasteiger partial charge in [-0.3, -0.25) is 4.90 Å². The van der Waals surface area contributed by atoms with E-state index >= 15 is 0 Å². The lowest BCUT2D eigenvalue weighted by atomic mass is 10.2. The van der Waals surface area contributed by atoms with Crippen LogP contribution in [0.5, 0.6) is 0 Å². The maximum Gasteiger partial charge on any atom is 0.335 e. The fourth-order valence-electron chi connectivity index (χ4n) is 2.15. The number of carboxylic acids is 1. The molecule has 0 radical (unpaired) electrons. The first-order valence-corrected chi connectivity index (χ1v) is 6.97. The van der Waals surface area contributed by atoms with Gasteiger partial charge in [-0.25, -0.2) is 9.78 Å². The summed E-state index contributed by atoms with van der Waals surface area (Å²) in [6.07, 6.45) is 0.721. The van der Waals surface area contributed by atoms with Gasteiger partial charge in [-0.1, -0.05) is 6.92 Å². The van der Waals surface area contributed by atoms with Gasteiger partial charge in [0.15, 0.2) is 0 Å². The van der Waals surface area contributed by atoms with Crippen LogP contribution in [-0.2, 0) is 11.2 Å². The number of nitrogens with one attached hydrogen (secondary N) is 1. The quantitative estimate of drug-likeness (QED) is 0.812. The third-order valence-corrected chi connectivity index (χ3v) is 3.33. The molecule has 0 amide bonds. The van der Waals surface area contributed by atoms with E-state index in [-0.39, 0.29) is 5.56 Å². The Kier molecular flexibility index (Phi) is 5.31. The van der Waals surface area contributed by atoms with Crippen LogP contribution in [0.3, 0.4) is 0 Å². The van der Waals surface area contributed by atoms with Crippen LogP contribution in [0.2, 0.25) is 0 Å². The molecule has 1 fully saturated rings. The molecule has 0 aromatic carbocycles. The zero-order valence-corrected chi connectivity index (χ0v) is 11.8. The normalized spacial score (nSPS) is 16.1. The molecule has 0 bridgehead atoms. The molecule has 2 rings (SSSR count). The maximum atomic E-state index is 11.1. The third-order valence-electron chi connectivity index (χ3n) is 3.33. The second kappa shape index (κ2) is 7.21. The van der Waals surface area contributed by atoms with Crippen LogP contribution in [0.1, 0.15) is 23.0 Å². The second-order valence-corrected chi connectivity index (χ2v) is 4.77. The molecule has 20 heavy (non-hydrogen) atoms. The fraction of sp³-hybridized carbons (Fsp3) is 0.571. The van der Waals surface area contributed by atoms with Gasteiger partial charge in [-0.15, -0.1) is 0 Å². The molecule has 2 heterocycles. The number of hydrogen-bond donors (Lipinski definition) is 2. The summed E-state index contributed by atoms with van der Waals surface area (Å²) in [5, 5.41) is 12.3. The lowest BCUT2D eigenvalue weighted by molar-refractivity contribution is 0.0398. The molecule has 1 aromatic heterocycles. The number of carboxylic acid groups (broad SMARTS) is 1. The fourth-order valence-corrected chi connectivity index (χ4v) is 2.15. The monoisotopic (exact) mass is 279 g/mol. The highest BCUT2D eigenvalue weighted by molar-refractivity contribution is 5.88. The van der Waals surface area contributed by atoms with Crippen LogP contribution in [0.25, 0.3) is 0 Å². The number of aromatic nitrogens is 1. The van der Waals surface area contributed by atoms with Crippen molar-refractivity contribution in [3.05, 3.63) is 23.4 Å². The molecule has 0 atom stereocenters. The van der Waals surface area contributed by atoms with Crippen molar-refractivity contribution in [2.75, 3.05) is 44.7 Å². The summed E-state index contributed by atoms with van der Waals surface area (Å²) >= 11 is 0. The number of morpholine rings is 1. The number of ether oxygens (including phenoxy) is 1. The first-order valence-electron chi connectivity index (χ1n) is 6.97. The summed E-state index contributed by atoms with van der Waals surface area (Å²) in [4.78, 5) is 17.8. The second-order valence-electron chi connectivity index (χ2n) is 4.77. The van der Waals surface area contributed by atoms with Crippen molar-refractivity contribution in [2.45, 2.75) is 13.3 Å². The summed E-state index contributed by atoms with van der Waals surface area (Å²) in [6, 6.07) is 3.20. The van der Waals surface area contributed by atoms with Gasteiger partial charge in [0.2, 0.25) is 0 Å². The van der Waals surface area contributed by atoms with Gasteiger partial charge >= 0.3 is 5.97 Å². The zero-order valence-electron chi connectivity index (χ0n) is 11.8. The van der Waals surface area contributed by atoms with E-state index in [1.165, 1.54) is 0 Å². The topological polar surface area (TPSA) is 74.7 Å². The average molecular weight is 279 g/mol. The van der Waals surface area contributed by atoms with Gasteiger partial charge in [0.1, 0.15) is 5.82 Å². The van der Waals surface area contributed by atoms with Gasteiger partial charge in [0.25, 0.3) is 0 Å². The molecule has 0 spiro atoms. The van der Waals surface area contributed by atoms with Gasteiger partial charge in [-0.05, 0) is 18.6 Å². The summed E-state index contributed by atoms with van der Waals surface area (Å²) in [6.45, 7) is 7.09. The summed E-state index contributed by atoms with van der Waals surface area (Å²) in [5.41, 5.74) is 1.07. The van der Waals surface area contributed by atoms with E-state index in [1.54, 1.807) is 12.1 Å². The molecule has 6 heteroatoms. The molecule has 1 aromatic rings. The molecular weight excluding hydrogens is 258 g/mol. The minimum Gasteiger partial charge on any atom is -0.478 e. The molecular formula is C14H21N3O3. The van der Waals surface area contributed by atoms with Crippen LogP contribution >= 0.6 is 0 Å². The number of carbonyl (C=O) groups is 1. The van der Waals surface area contributed by atoms with E-state index in [2.05, 4.69) is 15.2 Å². The van der Waals surface area contributed by atoms with Crippen molar-refractivity contribution in [3.8, 4) is 0 Å². The first-order chi connectivity index (χ1) is 9.69. The lowest BCUT2D eigenvalue weighted by Crippen LogP contribution is -2.39. The number of anilines is 1. The first kappa shape index (κ1) is 14.7. The Hall–Kier alpha value is -1.66. The van der Waals surface area contributed by atoms with Gasteiger partial charge in [0.05, 0.1) is 18.8 Å². The van der Waals surface area contributed by atoms with Crippen molar-refractivity contribution >= 4 is 11.8 Å². The van der Waals surface area contributed by atoms with Crippen molar-refractivity contribution < 1.29 is 14.6 Å². The summed E-state index contributed by atoms with van der Waals surface area (Å²) in [5.74, 6) is -0.284. The highest BCUT2D eigenvalue weighted by atomic mass is 16.5. The number of aryl methyl sites for hydroxylation is 1. The predicted molar refractivity (Wildman–Crippen MR) is 76.3 cm³/mol. The standard InChI is InChI=1S/C14H21N3O3/c1-2-12-9-11(14(18)19)10-13(16-12)15-3-4-17-5-7-20-8-6-17/h9-10H,2-8H2,1H3,(H,15,16)(H,18,19). The van der Waals surface area contributed by atoms with Crippen molar-refractivity contribution in [3.63, 3.8) is 0 Å². The molecule has 0 unspecified atom stereocenters. The number of hydrogen-bond acceptors (Lipinski definition) is 5. The molecule has 1 aliphatic heterocycles. The van der Waals surface area contributed by atoms with E-state index in [4.69, 9.17) is 9.84 Å². The van der Waals surface area contributed by atoms with Gasteiger partial charge in [0, 0.05) is 31.9 Å². The van der Waals surface area contributed by atoms with Crippen LogP contribution in [0.4, 0.5) is 5.82 Å². The molecule has 1 saturated heterocycles. The molecule has 0 aliphatic carbocycles.